The monoisotopic (exact) mass is 529 g/mol. The molecule has 190 valence electrons. The number of nitrogens with one attached hydrogen (secondary N) is 2. The van der Waals surface area contributed by atoms with E-state index in [0.717, 1.165) is 6.07 Å². The summed E-state index contributed by atoms with van der Waals surface area (Å²) in [7, 11) is 1.37. The van der Waals surface area contributed by atoms with Crippen LogP contribution in [0.5, 0.6) is 11.5 Å². The van der Waals surface area contributed by atoms with E-state index in [-0.39, 0.29) is 29.4 Å². The van der Waals surface area contributed by atoms with Crippen molar-refractivity contribution in [1.29, 1.82) is 5.26 Å². The zero-order chi connectivity index (χ0) is 27.0. The third-order valence-corrected chi connectivity index (χ3v) is 5.14. The summed E-state index contributed by atoms with van der Waals surface area (Å²) in [5.74, 6) is -0.843. The molecule has 0 saturated heterocycles. The van der Waals surface area contributed by atoms with Crippen molar-refractivity contribution in [2.75, 3.05) is 24.4 Å². The topological polar surface area (TPSA) is 100 Å². The lowest BCUT2D eigenvalue weighted by Crippen LogP contribution is -2.20. The molecule has 0 atom stereocenters. The quantitative estimate of drug-likeness (QED) is 0.278. The van der Waals surface area contributed by atoms with Gasteiger partial charge in [0.15, 0.2) is 18.1 Å². The summed E-state index contributed by atoms with van der Waals surface area (Å²) in [5.41, 5.74) is -0.692. The standard InChI is InChI=1S/C26H19ClF3N3O4/c1-36-23-12-16(7-10-22(23)37-15-24(34)32-18-5-3-2-4-6-18)11-17(14-31)25(35)33-19-8-9-21(27)20(13-19)26(28,29)30/h2-13H,15H2,1H3,(H,32,34)(H,33,35)/b17-11+. The zero-order valence-corrected chi connectivity index (χ0v) is 20.0. The number of hydrogen-bond acceptors (Lipinski definition) is 5. The van der Waals surface area contributed by atoms with E-state index in [1.165, 1.54) is 37.5 Å². The fourth-order valence-corrected chi connectivity index (χ4v) is 3.31. The van der Waals surface area contributed by atoms with E-state index >= 15 is 0 Å². The summed E-state index contributed by atoms with van der Waals surface area (Å²) in [6.45, 7) is -0.298. The van der Waals surface area contributed by atoms with Crippen molar-refractivity contribution in [3.05, 3.63) is 88.5 Å². The van der Waals surface area contributed by atoms with Crippen LogP contribution in [0.2, 0.25) is 5.02 Å². The molecule has 3 aromatic carbocycles. The smallest absolute Gasteiger partial charge is 0.417 e. The van der Waals surface area contributed by atoms with Gasteiger partial charge in [-0.05, 0) is 54.1 Å². The first-order valence-corrected chi connectivity index (χ1v) is 10.9. The molecule has 0 fully saturated rings. The fourth-order valence-electron chi connectivity index (χ4n) is 3.09. The minimum atomic E-state index is -4.71. The third kappa shape index (κ3) is 7.49. The van der Waals surface area contributed by atoms with E-state index < -0.39 is 28.6 Å². The van der Waals surface area contributed by atoms with E-state index in [4.69, 9.17) is 21.1 Å². The summed E-state index contributed by atoms with van der Waals surface area (Å²) < 4.78 is 50.0. The van der Waals surface area contributed by atoms with Crippen molar-refractivity contribution in [3.63, 3.8) is 0 Å². The van der Waals surface area contributed by atoms with Gasteiger partial charge in [0.05, 0.1) is 17.7 Å². The van der Waals surface area contributed by atoms with Gasteiger partial charge in [0.2, 0.25) is 0 Å². The fraction of sp³-hybridized carbons (Fsp3) is 0.115. The van der Waals surface area contributed by atoms with Crippen LogP contribution in [0.25, 0.3) is 6.08 Å². The second-order valence-corrected chi connectivity index (χ2v) is 7.84. The maximum Gasteiger partial charge on any atom is 0.417 e. The lowest BCUT2D eigenvalue weighted by molar-refractivity contribution is -0.137. The molecular weight excluding hydrogens is 511 g/mol. The molecule has 2 amide bonds. The molecule has 3 rings (SSSR count). The molecule has 0 aliphatic carbocycles. The number of rotatable bonds is 8. The van der Waals surface area contributed by atoms with E-state index in [1.807, 2.05) is 6.07 Å². The first kappa shape index (κ1) is 27.1. The molecule has 0 aliphatic rings. The Balaban J connectivity index is 1.71. The predicted molar refractivity (Wildman–Crippen MR) is 132 cm³/mol. The highest BCUT2D eigenvalue weighted by Gasteiger charge is 2.33. The van der Waals surface area contributed by atoms with E-state index in [1.54, 1.807) is 30.3 Å². The van der Waals surface area contributed by atoms with Crippen LogP contribution in [-0.2, 0) is 15.8 Å². The Morgan fingerprint density at radius 1 is 1.00 bits per heavy atom. The van der Waals surface area contributed by atoms with Gasteiger partial charge in [-0.3, -0.25) is 9.59 Å². The SMILES string of the molecule is COc1cc(/C=C(\C#N)C(=O)Nc2ccc(Cl)c(C(F)(F)F)c2)ccc1OCC(=O)Nc1ccccc1. The van der Waals surface area contributed by atoms with Gasteiger partial charge in [0.1, 0.15) is 11.6 Å². The van der Waals surface area contributed by atoms with E-state index in [2.05, 4.69) is 10.6 Å². The minimum Gasteiger partial charge on any atom is -0.493 e. The Kier molecular flexibility index (Phi) is 8.77. The van der Waals surface area contributed by atoms with Gasteiger partial charge in [-0.1, -0.05) is 35.9 Å². The van der Waals surface area contributed by atoms with Crippen LogP contribution in [0.3, 0.4) is 0 Å². The molecule has 0 unspecified atom stereocenters. The number of anilines is 2. The number of carbonyl (C=O) groups is 2. The molecule has 0 aromatic heterocycles. The van der Waals surface area contributed by atoms with Gasteiger partial charge in [-0.2, -0.15) is 18.4 Å². The van der Waals surface area contributed by atoms with Crippen LogP contribution in [0.1, 0.15) is 11.1 Å². The molecule has 0 heterocycles. The lowest BCUT2D eigenvalue weighted by Gasteiger charge is -2.12. The Morgan fingerprint density at radius 2 is 1.73 bits per heavy atom. The van der Waals surface area contributed by atoms with Crippen LogP contribution in [0.4, 0.5) is 24.5 Å². The van der Waals surface area contributed by atoms with Gasteiger partial charge >= 0.3 is 6.18 Å². The summed E-state index contributed by atoms with van der Waals surface area (Å²) in [5, 5.41) is 13.8. The maximum absolute atomic E-state index is 13.1. The molecule has 0 aliphatic heterocycles. The number of hydrogen-bond donors (Lipinski definition) is 2. The van der Waals surface area contributed by atoms with Gasteiger partial charge in [-0.25, -0.2) is 0 Å². The van der Waals surface area contributed by atoms with Crippen molar-refractivity contribution in [3.8, 4) is 17.6 Å². The zero-order valence-electron chi connectivity index (χ0n) is 19.2. The molecule has 11 heteroatoms. The van der Waals surface area contributed by atoms with Gasteiger partial charge in [0.25, 0.3) is 11.8 Å². The van der Waals surface area contributed by atoms with Crippen LogP contribution in [0, 0.1) is 11.3 Å². The molecule has 0 radical (unpaired) electrons. The van der Waals surface area contributed by atoms with Crippen molar-refractivity contribution in [1.82, 2.24) is 0 Å². The van der Waals surface area contributed by atoms with Crippen LogP contribution in [0.15, 0.2) is 72.3 Å². The number of benzene rings is 3. The van der Waals surface area contributed by atoms with E-state index in [0.29, 0.717) is 17.3 Å². The Bertz CT molecular complexity index is 1370. The molecule has 37 heavy (non-hydrogen) atoms. The molecule has 0 bridgehead atoms. The summed E-state index contributed by atoms with van der Waals surface area (Å²) in [4.78, 5) is 24.6. The average Bonchev–Trinajstić information content (AvgIpc) is 2.87. The molecule has 0 saturated carbocycles. The highest BCUT2D eigenvalue weighted by Crippen LogP contribution is 2.36. The molecule has 0 spiro atoms. The number of halogens is 4. The number of nitriles is 1. The highest BCUT2D eigenvalue weighted by molar-refractivity contribution is 6.31. The number of methoxy groups -OCH3 is 1. The predicted octanol–water partition coefficient (Wildman–Crippen LogP) is 5.93. The molecular formula is C26H19ClF3N3O4. The van der Waals surface area contributed by atoms with Crippen LogP contribution in [-0.4, -0.2) is 25.5 Å². The number of amides is 2. The van der Waals surface area contributed by atoms with Crippen molar-refractivity contribution in [2.24, 2.45) is 0 Å². The number of nitrogens with zero attached hydrogens (tertiary/aromatic N) is 1. The highest BCUT2D eigenvalue weighted by atomic mass is 35.5. The minimum absolute atomic E-state index is 0.182. The normalized spacial score (nSPS) is 11.3. The number of carbonyl (C=O) groups excluding carboxylic acids is 2. The van der Waals surface area contributed by atoms with Crippen molar-refractivity contribution < 1.29 is 32.2 Å². The summed E-state index contributed by atoms with van der Waals surface area (Å²) >= 11 is 5.59. The van der Waals surface area contributed by atoms with Crippen molar-refractivity contribution in [2.45, 2.75) is 6.18 Å². The summed E-state index contributed by atoms with van der Waals surface area (Å²) in [6, 6.07) is 17.9. The second-order valence-electron chi connectivity index (χ2n) is 7.43. The van der Waals surface area contributed by atoms with Gasteiger partial charge in [-0.15, -0.1) is 0 Å². The molecule has 3 aromatic rings. The first-order valence-electron chi connectivity index (χ1n) is 10.6. The lowest BCUT2D eigenvalue weighted by atomic mass is 10.1. The first-order chi connectivity index (χ1) is 17.6. The Hall–Kier alpha value is -4.49. The van der Waals surface area contributed by atoms with Crippen LogP contribution >= 0.6 is 11.6 Å². The Labute approximate surface area is 215 Å². The number of alkyl halides is 3. The molecule has 7 nitrogen and oxygen atoms in total. The van der Waals surface area contributed by atoms with Crippen LogP contribution < -0.4 is 20.1 Å². The Morgan fingerprint density at radius 3 is 2.38 bits per heavy atom. The number of para-hydroxylation sites is 1. The molecule has 2 N–H and O–H groups in total. The van der Waals surface area contributed by atoms with Gasteiger partial charge < -0.3 is 20.1 Å². The van der Waals surface area contributed by atoms with E-state index in [9.17, 15) is 28.0 Å². The third-order valence-electron chi connectivity index (χ3n) is 4.81. The second kappa shape index (κ2) is 12.0. The van der Waals surface area contributed by atoms with Gasteiger partial charge in [0, 0.05) is 11.4 Å². The summed E-state index contributed by atoms with van der Waals surface area (Å²) in [6.07, 6.45) is -3.49. The van der Waals surface area contributed by atoms with Crippen molar-refractivity contribution >= 4 is 40.9 Å². The maximum atomic E-state index is 13.1. The average molecular weight is 530 g/mol. The number of ether oxygens (including phenoxy) is 2. The largest absolute Gasteiger partial charge is 0.493 e.